The molecule has 0 atom stereocenters. The number of rotatable bonds is 5. The molecule has 0 aliphatic rings. The largest absolute Gasteiger partial charge is 0.323 e. The molecule has 10 aromatic rings. The minimum atomic E-state index is 1.19. The highest BCUT2D eigenvalue weighted by Gasteiger charge is 2.18. The van der Waals surface area contributed by atoms with Gasteiger partial charge in [-0.05, 0) is 91.3 Å². The highest BCUT2D eigenvalue weighted by Crippen LogP contribution is 2.42. The molecule has 6 aromatic carbocycles. The SMILES string of the molecule is c1ccc(-c2c(-c3ccc4ccccc4c3)cn3ccc(-c4ccn5cc(-c6ccc7ccccc7c6)c(-c6ccccc6)c5c4)cc23)cc1. The Morgan fingerprint density at radius 3 is 1.12 bits per heavy atom. The lowest BCUT2D eigenvalue weighted by Gasteiger charge is -2.10. The third-order valence-corrected chi connectivity index (χ3v) is 10.1. The van der Waals surface area contributed by atoms with Crippen LogP contribution < -0.4 is 0 Å². The number of fused-ring (bicyclic) bond motifs is 4. The van der Waals surface area contributed by atoms with Crippen LogP contribution in [0.1, 0.15) is 0 Å². The van der Waals surface area contributed by atoms with Gasteiger partial charge in [-0.3, -0.25) is 0 Å². The summed E-state index contributed by atoms with van der Waals surface area (Å²) >= 11 is 0. The Hall–Kier alpha value is -6.64. The van der Waals surface area contributed by atoms with E-state index in [9.17, 15) is 0 Å². The van der Waals surface area contributed by atoms with Gasteiger partial charge in [0.15, 0.2) is 0 Å². The second kappa shape index (κ2) is 11.5. The van der Waals surface area contributed by atoms with Crippen molar-refractivity contribution in [3.05, 3.63) is 195 Å². The predicted octanol–water partition coefficient (Wildman–Crippen LogP) is 12.8. The Kier molecular flexibility index (Phi) is 6.53. The van der Waals surface area contributed by atoms with E-state index in [1.54, 1.807) is 0 Å². The highest BCUT2D eigenvalue weighted by atomic mass is 14.9. The molecular formula is C48H32N2. The van der Waals surface area contributed by atoms with E-state index in [-0.39, 0.29) is 0 Å². The first-order valence-corrected chi connectivity index (χ1v) is 17.2. The van der Waals surface area contributed by atoms with E-state index in [0.717, 1.165) is 0 Å². The molecule has 0 saturated carbocycles. The maximum absolute atomic E-state index is 2.36. The molecule has 4 aromatic heterocycles. The van der Waals surface area contributed by atoms with Crippen LogP contribution in [0.4, 0.5) is 0 Å². The summed E-state index contributed by atoms with van der Waals surface area (Å²) in [5, 5.41) is 5.00. The standard InChI is InChI=1S/C48H32N2/c1-3-13-35(14-4-1)47-43(41-21-19-33-11-7-9-17-37(33)27-41)31-49-25-23-39(29-45(47)49)40-24-26-50-32-44(42-22-20-34-12-8-10-18-38(34)28-42)48(46(50)30-40)36-15-5-2-6-16-36/h1-32H. The lowest BCUT2D eigenvalue weighted by molar-refractivity contribution is 1.19. The summed E-state index contributed by atoms with van der Waals surface area (Å²) in [6, 6.07) is 61.6. The molecule has 0 radical (unpaired) electrons. The molecule has 0 saturated heterocycles. The molecule has 234 valence electrons. The fourth-order valence-corrected chi connectivity index (χ4v) is 7.66. The van der Waals surface area contributed by atoms with Gasteiger partial charge in [-0.15, -0.1) is 0 Å². The summed E-state index contributed by atoms with van der Waals surface area (Å²) in [4.78, 5) is 0. The molecule has 0 unspecified atom stereocenters. The van der Waals surface area contributed by atoms with E-state index < -0.39 is 0 Å². The van der Waals surface area contributed by atoms with Crippen LogP contribution in [0.5, 0.6) is 0 Å². The van der Waals surface area contributed by atoms with E-state index in [1.807, 2.05) is 0 Å². The molecule has 0 amide bonds. The Labute approximate surface area is 290 Å². The molecule has 2 nitrogen and oxygen atoms in total. The van der Waals surface area contributed by atoms with Crippen molar-refractivity contribution >= 4 is 32.6 Å². The number of nitrogens with zero attached hydrogens (tertiary/aromatic N) is 2. The molecule has 0 spiro atoms. The van der Waals surface area contributed by atoms with E-state index in [0.29, 0.717) is 0 Å². The van der Waals surface area contributed by atoms with Crippen LogP contribution in [0.25, 0.3) is 88.2 Å². The van der Waals surface area contributed by atoms with E-state index >= 15 is 0 Å². The molecule has 4 heterocycles. The molecule has 50 heavy (non-hydrogen) atoms. The first-order chi connectivity index (χ1) is 24.8. The van der Waals surface area contributed by atoms with Gasteiger partial charge in [-0.1, -0.05) is 133 Å². The first kappa shape index (κ1) is 28.4. The molecule has 0 aliphatic carbocycles. The van der Waals surface area contributed by atoms with Crippen molar-refractivity contribution in [1.82, 2.24) is 8.80 Å². The Morgan fingerprint density at radius 2 is 0.680 bits per heavy atom. The number of hydrogen-bond donors (Lipinski definition) is 0. The molecule has 10 rings (SSSR count). The second-order valence-electron chi connectivity index (χ2n) is 13.1. The average Bonchev–Trinajstić information content (AvgIpc) is 3.77. The molecule has 0 fully saturated rings. The lowest BCUT2D eigenvalue weighted by atomic mass is 9.94. The van der Waals surface area contributed by atoms with Crippen LogP contribution in [0, 0.1) is 0 Å². The molecule has 2 heteroatoms. The monoisotopic (exact) mass is 636 g/mol. The van der Waals surface area contributed by atoms with Gasteiger partial charge in [0, 0.05) is 47.0 Å². The minimum Gasteiger partial charge on any atom is -0.323 e. The van der Waals surface area contributed by atoms with Crippen molar-refractivity contribution in [1.29, 1.82) is 0 Å². The van der Waals surface area contributed by atoms with Gasteiger partial charge in [-0.25, -0.2) is 0 Å². The van der Waals surface area contributed by atoms with Crippen molar-refractivity contribution in [2.75, 3.05) is 0 Å². The van der Waals surface area contributed by atoms with Gasteiger partial charge in [0.25, 0.3) is 0 Å². The quantitative estimate of drug-likeness (QED) is 0.178. The minimum absolute atomic E-state index is 1.19. The predicted molar refractivity (Wildman–Crippen MR) is 211 cm³/mol. The third kappa shape index (κ3) is 4.73. The van der Waals surface area contributed by atoms with Crippen LogP contribution in [0.2, 0.25) is 0 Å². The van der Waals surface area contributed by atoms with Crippen LogP contribution in [0.3, 0.4) is 0 Å². The normalized spacial score (nSPS) is 11.6. The second-order valence-corrected chi connectivity index (χ2v) is 13.1. The van der Waals surface area contributed by atoms with Crippen LogP contribution in [0.15, 0.2) is 195 Å². The summed E-state index contributed by atoms with van der Waals surface area (Å²) in [6.07, 6.45) is 8.99. The third-order valence-electron chi connectivity index (χ3n) is 10.1. The zero-order valence-corrected chi connectivity index (χ0v) is 27.4. The van der Waals surface area contributed by atoms with E-state index in [2.05, 4.69) is 203 Å². The Bertz CT molecular complexity index is 2660. The summed E-state index contributed by atoms with van der Waals surface area (Å²) in [6.45, 7) is 0. The van der Waals surface area contributed by atoms with Gasteiger partial charge in [0.1, 0.15) is 0 Å². The van der Waals surface area contributed by atoms with Crippen molar-refractivity contribution < 1.29 is 0 Å². The lowest BCUT2D eigenvalue weighted by Crippen LogP contribution is -1.88. The highest BCUT2D eigenvalue weighted by molar-refractivity contribution is 6.00. The van der Waals surface area contributed by atoms with Crippen molar-refractivity contribution in [2.24, 2.45) is 0 Å². The van der Waals surface area contributed by atoms with E-state index in [4.69, 9.17) is 0 Å². The van der Waals surface area contributed by atoms with Crippen LogP contribution >= 0.6 is 0 Å². The maximum Gasteiger partial charge on any atom is 0.0541 e. The number of benzene rings is 6. The summed E-state index contributed by atoms with van der Waals surface area (Å²) in [7, 11) is 0. The zero-order chi connectivity index (χ0) is 33.0. The van der Waals surface area contributed by atoms with Gasteiger partial charge in [0.05, 0.1) is 11.0 Å². The zero-order valence-electron chi connectivity index (χ0n) is 27.4. The van der Waals surface area contributed by atoms with Crippen molar-refractivity contribution in [3.8, 4) is 55.6 Å². The number of pyridine rings is 2. The average molecular weight is 637 g/mol. The topological polar surface area (TPSA) is 8.82 Å². The van der Waals surface area contributed by atoms with Crippen LogP contribution in [-0.2, 0) is 0 Å². The van der Waals surface area contributed by atoms with Gasteiger partial charge >= 0.3 is 0 Å². The Morgan fingerprint density at radius 1 is 0.280 bits per heavy atom. The van der Waals surface area contributed by atoms with Crippen LogP contribution in [-0.4, -0.2) is 8.80 Å². The molecule has 0 aliphatic heterocycles. The first-order valence-electron chi connectivity index (χ1n) is 17.2. The number of hydrogen-bond acceptors (Lipinski definition) is 0. The summed E-state index contributed by atoms with van der Waals surface area (Å²) < 4.78 is 4.55. The van der Waals surface area contributed by atoms with Gasteiger partial charge in [-0.2, -0.15) is 0 Å². The van der Waals surface area contributed by atoms with Gasteiger partial charge in [0.2, 0.25) is 0 Å². The smallest absolute Gasteiger partial charge is 0.0541 e. The fraction of sp³-hybridized carbons (Fsp3) is 0. The summed E-state index contributed by atoms with van der Waals surface area (Å²) in [5.41, 5.74) is 14.6. The maximum atomic E-state index is 2.36. The molecular weight excluding hydrogens is 605 g/mol. The summed E-state index contributed by atoms with van der Waals surface area (Å²) in [5.74, 6) is 0. The fourth-order valence-electron chi connectivity index (χ4n) is 7.66. The molecule has 0 N–H and O–H groups in total. The van der Waals surface area contributed by atoms with Gasteiger partial charge < -0.3 is 8.80 Å². The number of aromatic nitrogens is 2. The Balaban J connectivity index is 1.16. The van der Waals surface area contributed by atoms with E-state index in [1.165, 1.54) is 88.2 Å². The van der Waals surface area contributed by atoms with Crippen molar-refractivity contribution in [2.45, 2.75) is 0 Å². The molecule has 0 bridgehead atoms. The van der Waals surface area contributed by atoms with Crippen molar-refractivity contribution in [3.63, 3.8) is 0 Å².